The van der Waals surface area contributed by atoms with Gasteiger partial charge in [0.05, 0.1) is 11.7 Å². The Morgan fingerprint density at radius 1 is 1.18 bits per heavy atom. The van der Waals surface area contributed by atoms with E-state index in [1.807, 2.05) is 35.0 Å². The molecule has 1 aliphatic heterocycles. The molecule has 0 bridgehead atoms. The van der Waals surface area contributed by atoms with Crippen LogP contribution in [0, 0.1) is 0 Å². The van der Waals surface area contributed by atoms with Crippen LogP contribution in [0.15, 0.2) is 73.3 Å². The summed E-state index contributed by atoms with van der Waals surface area (Å²) in [5.41, 5.74) is 7.75. The molecule has 0 aliphatic carbocycles. The minimum Gasteiger partial charge on any atom is -0.296 e. The maximum Gasteiger partial charge on any atom is 0.267 e. The van der Waals surface area contributed by atoms with E-state index >= 15 is 0 Å². The number of carbonyl (C=O) groups is 1. The molecular formula is C26H26N6O2. The maximum absolute atomic E-state index is 11.2. The van der Waals surface area contributed by atoms with Crippen LogP contribution in [-0.4, -0.2) is 48.7 Å². The Bertz CT molecular complexity index is 1300. The fraction of sp³-hybridized carbons (Fsp3) is 0.231. The smallest absolute Gasteiger partial charge is 0.267 e. The van der Waals surface area contributed by atoms with Crippen molar-refractivity contribution in [2.75, 3.05) is 13.1 Å². The summed E-state index contributed by atoms with van der Waals surface area (Å²) in [4.78, 5) is 22.5. The van der Waals surface area contributed by atoms with Crippen molar-refractivity contribution in [3.63, 3.8) is 0 Å². The van der Waals surface area contributed by atoms with Crippen molar-refractivity contribution in [2.24, 2.45) is 0 Å². The second kappa shape index (κ2) is 9.94. The second-order valence-electron chi connectivity index (χ2n) is 8.37. The lowest BCUT2D eigenvalue weighted by molar-refractivity contribution is -0.124. The average Bonchev–Trinajstić information content (AvgIpc) is 3.51. The lowest BCUT2D eigenvalue weighted by atomic mass is 10.0. The molecule has 4 heterocycles. The van der Waals surface area contributed by atoms with Crippen molar-refractivity contribution < 1.29 is 10.0 Å². The molecule has 3 aromatic heterocycles. The van der Waals surface area contributed by atoms with Crippen LogP contribution in [0.5, 0.6) is 0 Å². The Morgan fingerprint density at radius 2 is 2.06 bits per heavy atom. The Balaban J connectivity index is 1.34. The van der Waals surface area contributed by atoms with Gasteiger partial charge in [0.1, 0.15) is 11.4 Å². The molecule has 4 aromatic rings. The molecule has 1 aliphatic rings. The molecule has 8 nitrogen and oxygen atoms in total. The van der Waals surface area contributed by atoms with E-state index in [1.54, 1.807) is 30.1 Å². The van der Waals surface area contributed by atoms with E-state index in [4.69, 9.17) is 10.3 Å². The Hall–Kier alpha value is -3.88. The standard InChI is InChI=1S/C26H26N6O2/c33-25(30-34)11-8-19-6-9-20(10-7-19)23-5-3-15-31(23)17-12-21-24-4-1-2-16-32(24)29-26(21)22-18-27-13-14-28-22/h1-2,4,6-11,13-14,16,18,23,34H,3,5,12,15,17H2,(H,30,33). The summed E-state index contributed by atoms with van der Waals surface area (Å²) < 4.78 is 1.92. The quantitative estimate of drug-likeness (QED) is 0.251. The number of aromatic nitrogens is 4. The van der Waals surface area contributed by atoms with Gasteiger partial charge >= 0.3 is 0 Å². The highest BCUT2D eigenvalue weighted by molar-refractivity contribution is 5.90. The minimum absolute atomic E-state index is 0.362. The van der Waals surface area contributed by atoms with Crippen molar-refractivity contribution >= 4 is 17.5 Å². The van der Waals surface area contributed by atoms with Crippen molar-refractivity contribution in [2.45, 2.75) is 25.3 Å². The number of benzene rings is 1. The van der Waals surface area contributed by atoms with Crippen molar-refractivity contribution in [3.8, 4) is 11.4 Å². The van der Waals surface area contributed by atoms with Gasteiger partial charge in [0, 0.05) is 42.8 Å². The number of amides is 1. The van der Waals surface area contributed by atoms with Crippen LogP contribution in [0.1, 0.15) is 35.6 Å². The zero-order valence-corrected chi connectivity index (χ0v) is 18.7. The zero-order chi connectivity index (χ0) is 23.3. The van der Waals surface area contributed by atoms with Crippen LogP contribution in [0.2, 0.25) is 0 Å². The summed E-state index contributed by atoms with van der Waals surface area (Å²) >= 11 is 0. The first-order chi connectivity index (χ1) is 16.7. The third-order valence-electron chi connectivity index (χ3n) is 6.32. The van der Waals surface area contributed by atoms with Gasteiger partial charge in [0.15, 0.2) is 0 Å². The molecule has 5 rings (SSSR count). The molecule has 1 unspecified atom stereocenters. The van der Waals surface area contributed by atoms with E-state index in [2.05, 4.69) is 33.1 Å². The van der Waals surface area contributed by atoms with Gasteiger partial charge in [0.25, 0.3) is 5.91 Å². The number of rotatable bonds is 7. The molecule has 1 atom stereocenters. The van der Waals surface area contributed by atoms with Crippen molar-refractivity contribution in [3.05, 3.63) is 90.0 Å². The fourth-order valence-corrected chi connectivity index (χ4v) is 4.69. The van der Waals surface area contributed by atoms with Gasteiger partial charge in [-0.15, -0.1) is 0 Å². The normalized spacial score (nSPS) is 16.4. The van der Waals surface area contributed by atoms with Crippen LogP contribution < -0.4 is 5.48 Å². The molecule has 1 saturated heterocycles. The Kier molecular flexibility index (Phi) is 6.42. The number of hydrogen-bond acceptors (Lipinski definition) is 6. The lowest BCUT2D eigenvalue weighted by Crippen LogP contribution is -2.25. The number of hydroxylamine groups is 1. The number of likely N-dealkylation sites (tertiary alicyclic amines) is 1. The number of nitrogens with one attached hydrogen (secondary N) is 1. The average molecular weight is 455 g/mol. The molecule has 2 N–H and O–H groups in total. The van der Waals surface area contributed by atoms with Gasteiger partial charge in [-0.2, -0.15) is 5.10 Å². The third-order valence-corrected chi connectivity index (χ3v) is 6.32. The van der Waals surface area contributed by atoms with Gasteiger partial charge in [-0.05, 0) is 55.1 Å². The maximum atomic E-state index is 11.2. The highest BCUT2D eigenvalue weighted by atomic mass is 16.5. The number of fused-ring (bicyclic) bond motifs is 1. The van der Waals surface area contributed by atoms with E-state index in [-0.39, 0.29) is 0 Å². The zero-order valence-electron chi connectivity index (χ0n) is 18.7. The van der Waals surface area contributed by atoms with E-state index in [9.17, 15) is 4.79 Å². The van der Waals surface area contributed by atoms with Crippen molar-refractivity contribution in [1.82, 2.24) is 30.0 Å². The first-order valence-corrected chi connectivity index (χ1v) is 11.4. The monoisotopic (exact) mass is 454 g/mol. The number of pyridine rings is 1. The van der Waals surface area contributed by atoms with Crippen LogP contribution in [-0.2, 0) is 11.2 Å². The highest BCUT2D eigenvalue weighted by Crippen LogP contribution is 2.33. The van der Waals surface area contributed by atoms with E-state index in [0.29, 0.717) is 6.04 Å². The SMILES string of the molecule is O=C(C=Cc1ccc(C2CCCN2CCc2c(-c3cnccn3)nn3ccccc23)cc1)NO. The molecule has 8 heteroatoms. The van der Waals surface area contributed by atoms with Gasteiger partial charge in [-0.1, -0.05) is 30.3 Å². The minimum atomic E-state index is -0.542. The Morgan fingerprint density at radius 3 is 2.85 bits per heavy atom. The van der Waals surface area contributed by atoms with Gasteiger partial charge < -0.3 is 0 Å². The van der Waals surface area contributed by atoms with Crippen LogP contribution in [0.4, 0.5) is 0 Å². The Labute approximate surface area is 197 Å². The predicted molar refractivity (Wildman–Crippen MR) is 129 cm³/mol. The van der Waals surface area contributed by atoms with Gasteiger partial charge in [-0.3, -0.25) is 24.9 Å². The number of hydrogen-bond donors (Lipinski definition) is 2. The predicted octanol–water partition coefficient (Wildman–Crippen LogP) is 3.69. The largest absolute Gasteiger partial charge is 0.296 e. The van der Waals surface area contributed by atoms with E-state index in [0.717, 1.165) is 54.8 Å². The van der Waals surface area contributed by atoms with Gasteiger partial charge in [-0.25, -0.2) is 10.00 Å². The van der Waals surface area contributed by atoms with Gasteiger partial charge in [0.2, 0.25) is 0 Å². The van der Waals surface area contributed by atoms with E-state index in [1.165, 1.54) is 17.2 Å². The summed E-state index contributed by atoms with van der Waals surface area (Å²) in [5.74, 6) is -0.542. The molecule has 0 radical (unpaired) electrons. The number of carbonyl (C=O) groups excluding carboxylic acids is 1. The summed E-state index contributed by atoms with van der Waals surface area (Å²) in [6.45, 7) is 1.98. The first-order valence-electron chi connectivity index (χ1n) is 11.4. The second-order valence-corrected chi connectivity index (χ2v) is 8.37. The molecule has 34 heavy (non-hydrogen) atoms. The molecular weight excluding hydrogens is 428 g/mol. The fourth-order valence-electron chi connectivity index (χ4n) is 4.69. The molecule has 1 amide bonds. The van der Waals surface area contributed by atoms with Crippen molar-refractivity contribution in [1.29, 1.82) is 0 Å². The molecule has 1 aromatic carbocycles. The third kappa shape index (κ3) is 4.59. The molecule has 0 saturated carbocycles. The number of nitrogens with zero attached hydrogens (tertiary/aromatic N) is 5. The summed E-state index contributed by atoms with van der Waals surface area (Å²) in [6, 6.07) is 14.7. The highest BCUT2D eigenvalue weighted by Gasteiger charge is 2.26. The van der Waals surface area contributed by atoms with Crippen LogP contribution in [0.25, 0.3) is 23.0 Å². The molecule has 172 valence electrons. The summed E-state index contributed by atoms with van der Waals surface area (Å²) in [5, 5.41) is 13.4. The molecule has 1 fully saturated rings. The van der Waals surface area contributed by atoms with Crippen LogP contribution in [0.3, 0.4) is 0 Å². The first kappa shape index (κ1) is 21.9. The lowest BCUT2D eigenvalue weighted by Gasteiger charge is -2.25. The van der Waals surface area contributed by atoms with E-state index < -0.39 is 5.91 Å². The summed E-state index contributed by atoms with van der Waals surface area (Å²) in [7, 11) is 0. The summed E-state index contributed by atoms with van der Waals surface area (Å²) in [6.07, 6.45) is 13.3. The van der Waals surface area contributed by atoms with Crippen LogP contribution >= 0.6 is 0 Å². The molecule has 0 spiro atoms. The topological polar surface area (TPSA) is 95.7 Å².